The number of hydrogen-bond donors (Lipinski definition) is 0. The fourth-order valence-corrected chi connectivity index (χ4v) is 4.96. The highest BCUT2D eigenvalue weighted by Crippen LogP contribution is 2.46. The van der Waals surface area contributed by atoms with Crippen molar-refractivity contribution in [2.45, 2.75) is 58.8 Å². The second-order valence-corrected chi connectivity index (χ2v) is 8.42. The van der Waals surface area contributed by atoms with Crippen molar-refractivity contribution in [3.63, 3.8) is 0 Å². The third-order valence-corrected chi connectivity index (χ3v) is 6.60. The largest absolute Gasteiger partial charge is 0.393 e. The summed E-state index contributed by atoms with van der Waals surface area (Å²) >= 11 is 0. The first-order valence-electron chi connectivity index (χ1n) is 11.1. The van der Waals surface area contributed by atoms with Crippen molar-refractivity contribution >= 4 is 23.8 Å². The quantitative estimate of drug-likeness (QED) is 0.267. The molecule has 1 aromatic rings. The van der Waals surface area contributed by atoms with Crippen LogP contribution in [0.5, 0.6) is 0 Å². The van der Waals surface area contributed by atoms with Gasteiger partial charge in [-0.25, -0.2) is 0 Å². The molecule has 0 N–H and O–H groups in total. The molecule has 5 unspecified atom stereocenters. The van der Waals surface area contributed by atoms with Gasteiger partial charge in [0.05, 0.1) is 23.7 Å². The Bertz CT molecular complexity index is 805. The molecule has 6 heteroatoms. The van der Waals surface area contributed by atoms with Crippen LogP contribution in [0.25, 0.3) is 0 Å². The van der Waals surface area contributed by atoms with E-state index in [1.807, 2.05) is 37.3 Å². The van der Waals surface area contributed by atoms with E-state index in [-0.39, 0.29) is 17.7 Å². The average molecular weight is 414 g/mol. The van der Waals surface area contributed by atoms with Gasteiger partial charge in [0.1, 0.15) is 0 Å². The number of benzene rings is 1. The van der Waals surface area contributed by atoms with Gasteiger partial charge in [-0.15, -0.1) is 0 Å². The van der Waals surface area contributed by atoms with E-state index in [2.05, 4.69) is 6.92 Å². The number of ether oxygens (including phenoxy) is 1. The Kier molecular flexibility index (Phi) is 7.06. The molecule has 2 fully saturated rings. The number of unbranched alkanes of at least 4 members (excludes halogenated alkanes) is 3. The summed E-state index contributed by atoms with van der Waals surface area (Å²) in [6.45, 7) is 6.06. The summed E-state index contributed by atoms with van der Waals surface area (Å²) < 4.78 is 4.84. The minimum Gasteiger partial charge on any atom is -0.393 e. The van der Waals surface area contributed by atoms with Gasteiger partial charge in [-0.1, -0.05) is 70.4 Å². The van der Waals surface area contributed by atoms with Gasteiger partial charge in [0.2, 0.25) is 11.8 Å². The number of esters is 2. The van der Waals surface area contributed by atoms with Gasteiger partial charge in [0.15, 0.2) is 0 Å². The zero-order valence-corrected chi connectivity index (χ0v) is 18.0. The van der Waals surface area contributed by atoms with Crippen LogP contribution in [0.15, 0.2) is 30.3 Å². The van der Waals surface area contributed by atoms with Crippen LogP contribution in [0.4, 0.5) is 0 Å². The fourth-order valence-electron chi connectivity index (χ4n) is 4.96. The molecule has 2 heterocycles. The van der Waals surface area contributed by atoms with Crippen LogP contribution in [-0.4, -0.2) is 35.2 Å². The molecular formula is C24H31NO5. The van der Waals surface area contributed by atoms with E-state index in [0.29, 0.717) is 13.0 Å². The molecule has 0 saturated carbocycles. The molecule has 2 aliphatic heterocycles. The van der Waals surface area contributed by atoms with Gasteiger partial charge in [0, 0.05) is 6.54 Å². The summed E-state index contributed by atoms with van der Waals surface area (Å²) in [7, 11) is 0. The first-order chi connectivity index (χ1) is 14.4. The summed E-state index contributed by atoms with van der Waals surface area (Å²) in [4.78, 5) is 52.8. The van der Waals surface area contributed by atoms with Crippen molar-refractivity contribution in [2.75, 3.05) is 6.54 Å². The summed E-state index contributed by atoms with van der Waals surface area (Å²) in [5.74, 6) is -5.21. The molecule has 0 spiro atoms. The minimum absolute atomic E-state index is 0.205. The molecule has 0 radical (unpaired) electrons. The van der Waals surface area contributed by atoms with Gasteiger partial charge >= 0.3 is 11.9 Å². The lowest BCUT2D eigenvalue weighted by molar-refractivity contribution is -0.155. The normalized spacial score (nSPS) is 27.6. The molecule has 5 atom stereocenters. The fraction of sp³-hybridized carbons (Fsp3) is 0.583. The molecule has 0 aliphatic carbocycles. The van der Waals surface area contributed by atoms with Gasteiger partial charge in [-0.3, -0.25) is 24.1 Å². The molecule has 0 aromatic heterocycles. The van der Waals surface area contributed by atoms with Crippen LogP contribution in [0.2, 0.25) is 0 Å². The van der Waals surface area contributed by atoms with Crippen molar-refractivity contribution in [1.82, 2.24) is 4.90 Å². The van der Waals surface area contributed by atoms with Crippen LogP contribution in [-0.2, 0) is 23.9 Å². The van der Waals surface area contributed by atoms with Crippen LogP contribution >= 0.6 is 0 Å². The van der Waals surface area contributed by atoms with E-state index in [4.69, 9.17) is 4.74 Å². The number of carbonyl (C=O) groups is 4. The topological polar surface area (TPSA) is 80.8 Å². The predicted octanol–water partition coefficient (Wildman–Crippen LogP) is 3.70. The van der Waals surface area contributed by atoms with E-state index in [1.165, 1.54) is 4.90 Å². The lowest BCUT2D eigenvalue weighted by Gasteiger charge is -2.27. The Hall–Kier alpha value is -2.50. The maximum absolute atomic E-state index is 13.5. The lowest BCUT2D eigenvalue weighted by Crippen LogP contribution is -2.36. The number of rotatable bonds is 9. The van der Waals surface area contributed by atoms with Crippen molar-refractivity contribution in [1.29, 1.82) is 0 Å². The van der Waals surface area contributed by atoms with E-state index in [9.17, 15) is 19.2 Å². The minimum atomic E-state index is -0.905. The Morgan fingerprint density at radius 2 is 1.60 bits per heavy atom. The smallest absolute Gasteiger partial charge is 0.318 e. The molecule has 6 nitrogen and oxygen atoms in total. The van der Waals surface area contributed by atoms with Crippen LogP contribution in [0.3, 0.4) is 0 Å². The zero-order valence-electron chi connectivity index (χ0n) is 18.0. The first-order valence-corrected chi connectivity index (χ1v) is 11.1. The molecule has 1 aromatic carbocycles. The molecular weight excluding hydrogens is 382 g/mol. The van der Waals surface area contributed by atoms with Crippen molar-refractivity contribution in [2.24, 2.45) is 23.7 Å². The summed E-state index contributed by atoms with van der Waals surface area (Å²) in [6.07, 6.45) is 4.45. The molecule has 162 valence electrons. The van der Waals surface area contributed by atoms with Gasteiger partial charge in [0.25, 0.3) is 0 Å². The maximum Gasteiger partial charge on any atom is 0.318 e. The standard InChI is InChI=1S/C24H31NO5/c1-4-6-7-11-14-25-21(26)19(17(5-2)16-12-9-8-10-13-16)20(22(25)27)18-15(3)23(28)30-24(18)29/h8-10,12-13,15,17-20H,4-7,11,14H2,1-3H3. The van der Waals surface area contributed by atoms with Crippen LogP contribution in [0.1, 0.15) is 64.4 Å². The monoisotopic (exact) mass is 413 g/mol. The van der Waals surface area contributed by atoms with Crippen LogP contribution < -0.4 is 0 Å². The SMILES string of the molecule is CCCCCCN1C(=O)C(C(CC)c2ccccc2)C(C2C(=O)OC(=O)C2C)C1=O. The Labute approximate surface area is 178 Å². The highest BCUT2D eigenvalue weighted by atomic mass is 16.6. The number of imide groups is 1. The Morgan fingerprint density at radius 3 is 2.17 bits per heavy atom. The number of hydrogen-bond acceptors (Lipinski definition) is 5. The first kappa shape index (κ1) is 22.2. The van der Waals surface area contributed by atoms with Crippen molar-refractivity contribution in [3.8, 4) is 0 Å². The second kappa shape index (κ2) is 9.54. The summed E-state index contributed by atoms with van der Waals surface area (Å²) in [6, 6.07) is 9.63. The average Bonchev–Trinajstić information content (AvgIpc) is 3.12. The molecule has 2 aliphatic rings. The lowest BCUT2D eigenvalue weighted by atomic mass is 9.70. The number of cyclic esters (lactones) is 2. The Balaban J connectivity index is 1.97. The molecule has 3 rings (SSSR count). The van der Waals surface area contributed by atoms with Gasteiger partial charge < -0.3 is 4.74 Å². The third kappa shape index (κ3) is 4.05. The maximum atomic E-state index is 13.5. The number of nitrogens with zero attached hydrogens (tertiary/aromatic N) is 1. The number of amides is 2. The van der Waals surface area contributed by atoms with Crippen LogP contribution in [0, 0.1) is 23.7 Å². The zero-order chi connectivity index (χ0) is 21.8. The van der Waals surface area contributed by atoms with E-state index in [0.717, 1.165) is 31.2 Å². The second-order valence-electron chi connectivity index (χ2n) is 8.42. The highest BCUT2D eigenvalue weighted by molar-refractivity contribution is 6.09. The molecule has 30 heavy (non-hydrogen) atoms. The molecule has 2 amide bonds. The summed E-state index contributed by atoms with van der Waals surface area (Å²) in [5, 5.41) is 0. The molecule has 0 bridgehead atoms. The third-order valence-electron chi connectivity index (χ3n) is 6.60. The van der Waals surface area contributed by atoms with Crippen molar-refractivity contribution < 1.29 is 23.9 Å². The van der Waals surface area contributed by atoms with Gasteiger partial charge in [-0.05, 0) is 24.3 Å². The number of carbonyl (C=O) groups excluding carboxylic acids is 4. The van der Waals surface area contributed by atoms with E-state index >= 15 is 0 Å². The Morgan fingerprint density at radius 1 is 0.900 bits per heavy atom. The summed E-state index contributed by atoms with van der Waals surface area (Å²) in [5.41, 5.74) is 0.967. The molecule has 2 saturated heterocycles. The van der Waals surface area contributed by atoms with E-state index < -0.39 is 35.6 Å². The van der Waals surface area contributed by atoms with E-state index in [1.54, 1.807) is 6.92 Å². The number of likely N-dealkylation sites (tertiary alicyclic amines) is 1. The highest BCUT2D eigenvalue weighted by Gasteiger charge is 2.59. The van der Waals surface area contributed by atoms with Gasteiger partial charge in [-0.2, -0.15) is 0 Å². The predicted molar refractivity (Wildman–Crippen MR) is 111 cm³/mol. The van der Waals surface area contributed by atoms with Crippen molar-refractivity contribution in [3.05, 3.63) is 35.9 Å².